The van der Waals surface area contributed by atoms with Crippen LogP contribution in [-0.2, 0) is 16.1 Å². The Balaban J connectivity index is 1.65. The summed E-state index contributed by atoms with van der Waals surface area (Å²) in [5, 5.41) is 22.0. The maximum Gasteiger partial charge on any atom is 0.407 e. The summed E-state index contributed by atoms with van der Waals surface area (Å²) >= 11 is 0. The third-order valence-electron chi connectivity index (χ3n) is 3.51. The number of alkyl carbamates (subject to hydrolysis) is 1. The third kappa shape index (κ3) is 6.54. The Kier molecular flexibility index (Phi) is 7.60. The van der Waals surface area contributed by atoms with Crippen LogP contribution >= 0.6 is 0 Å². The summed E-state index contributed by atoms with van der Waals surface area (Å²) in [6.07, 6.45) is -3.36. The highest BCUT2D eigenvalue weighted by Crippen LogP contribution is 2.03. The molecule has 1 amide bonds. The molecule has 0 bridgehead atoms. The van der Waals surface area contributed by atoms with Crippen LogP contribution < -0.4 is 5.32 Å². The van der Waals surface area contributed by atoms with Crippen molar-refractivity contribution in [1.29, 1.82) is 0 Å². The zero-order valence-electron chi connectivity index (χ0n) is 14.1. The smallest absolute Gasteiger partial charge is 0.407 e. The largest absolute Gasteiger partial charge is 0.459 e. The van der Waals surface area contributed by atoms with Gasteiger partial charge in [-0.15, -0.1) is 0 Å². The van der Waals surface area contributed by atoms with Crippen molar-refractivity contribution in [3.63, 3.8) is 0 Å². The third-order valence-corrected chi connectivity index (χ3v) is 3.51. The fourth-order valence-corrected chi connectivity index (χ4v) is 2.03. The van der Waals surface area contributed by atoms with E-state index in [0.717, 1.165) is 5.56 Å². The van der Waals surface area contributed by atoms with E-state index in [0.29, 0.717) is 5.56 Å². The van der Waals surface area contributed by atoms with Gasteiger partial charge in [0.05, 0.1) is 5.56 Å². The first-order chi connectivity index (χ1) is 12.6. The van der Waals surface area contributed by atoms with Gasteiger partial charge in [0.25, 0.3) is 0 Å². The molecule has 0 saturated carbocycles. The lowest BCUT2D eigenvalue weighted by atomic mass is 10.2. The van der Waals surface area contributed by atoms with Gasteiger partial charge in [-0.25, -0.2) is 9.59 Å². The standard InChI is InChI=1S/C19H21NO6/c21-16(11-20-19(24)26-12-14-7-3-1-4-8-14)17(22)13-25-18(23)15-9-5-2-6-10-15/h1-10,16-17,21-22H,11-13H2,(H,20,24). The zero-order valence-corrected chi connectivity index (χ0v) is 14.1. The van der Waals surface area contributed by atoms with Gasteiger partial charge >= 0.3 is 12.1 Å². The van der Waals surface area contributed by atoms with Gasteiger partial charge in [-0.1, -0.05) is 48.5 Å². The zero-order chi connectivity index (χ0) is 18.8. The Hall–Kier alpha value is -2.90. The molecule has 7 heteroatoms. The van der Waals surface area contributed by atoms with Gasteiger partial charge in [0.2, 0.25) is 0 Å². The van der Waals surface area contributed by atoms with Crippen LogP contribution in [0.4, 0.5) is 4.79 Å². The number of aliphatic hydroxyl groups excluding tert-OH is 2. The summed E-state index contributed by atoms with van der Waals surface area (Å²) < 4.78 is 9.92. The summed E-state index contributed by atoms with van der Waals surface area (Å²) in [6, 6.07) is 17.4. The Morgan fingerprint density at radius 2 is 1.50 bits per heavy atom. The molecule has 2 rings (SSSR count). The molecule has 2 unspecified atom stereocenters. The van der Waals surface area contributed by atoms with Crippen LogP contribution in [0.15, 0.2) is 60.7 Å². The number of carbonyl (C=O) groups is 2. The van der Waals surface area contributed by atoms with Crippen LogP contribution in [0.25, 0.3) is 0 Å². The van der Waals surface area contributed by atoms with Crippen LogP contribution in [0, 0.1) is 0 Å². The van der Waals surface area contributed by atoms with Crippen molar-refractivity contribution in [3.8, 4) is 0 Å². The number of aliphatic hydroxyl groups is 2. The van der Waals surface area contributed by atoms with Gasteiger partial charge < -0.3 is 25.0 Å². The molecule has 0 spiro atoms. The number of ether oxygens (including phenoxy) is 2. The van der Waals surface area contributed by atoms with Crippen LogP contribution in [-0.4, -0.2) is 47.6 Å². The molecule has 138 valence electrons. The van der Waals surface area contributed by atoms with Crippen molar-refractivity contribution < 1.29 is 29.3 Å². The molecular formula is C19H21NO6. The minimum atomic E-state index is -1.34. The van der Waals surface area contributed by atoms with Gasteiger partial charge in [-0.3, -0.25) is 0 Å². The van der Waals surface area contributed by atoms with Crippen molar-refractivity contribution in [2.24, 2.45) is 0 Å². The first-order valence-electron chi connectivity index (χ1n) is 8.09. The second-order valence-corrected chi connectivity index (χ2v) is 5.54. The van der Waals surface area contributed by atoms with Crippen molar-refractivity contribution in [2.75, 3.05) is 13.2 Å². The minimum Gasteiger partial charge on any atom is -0.459 e. The summed E-state index contributed by atoms with van der Waals surface area (Å²) in [5.41, 5.74) is 1.17. The van der Waals surface area contributed by atoms with E-state index in [-0.39, 0.29) is 13.2 Å². The highest BCUT2D eigenvalue weighted by atomic mass is 16.6. The SMILES string of the molecule is O=C(NCC(O)C(O)COC(=O)c1ccccc1)OCc1ccccc1. The Bertz CT molecular complexity index is 692. The van der Waals surface area contributed by atoms with Gasteiger partial charge in [0.1, 0.15) is 25.4 Å². The highest BCUT2D eigenvalue weighted by molar-refractivity contribution is 5.89. The lowest BCUT2D eigenvalue weighted by Gasteiger charge is -2.18. The molecule has 2 aromatic rings. The molecule has 2 atom stereocenters. The van der Waals surface area contributed by atoms with Crippen molar-refractivity contribution in [2.45, 2.75) is 18.8 Å². The number of esters is 1. The highest BCUT2D eigenvalue weighted by Gasteiger charge is 2.20. The predicted octanol–water partition coefficient (Wildman–Crippen LogP) is 1.49. The second-order valence-electron chi connectivity index (χ2n) is 5.54. The van der Waals surface area contributed by atoms with Crippen molar-refractivity contribution in [1.82, 2.24) is 5.32 Å². The quantitative estimate of drug-likeness (QED) is 0.617. The first-order valence-corrected chi connectivity index (χ1v) is 8.09. The maximum atomic E-state index is 11.8. The normalized spacial score (nSPS) is 12.7. The number of carbonyl (C=O) groups excluding carboxylic acids is 2. The molecule has 0 heterocycles. The van der Waals surface area contributed by atoms with Crippen LogP contribution in [0.1, 0.15) is 15.9 Å². The van der Waals surface area contributed by atoms with E-state index < -0.39 is 30.9 Å². The Morgan fingerprint density at radius 3 is 2.15 bits per heavy atom. The van der Waals surface area contributed by atoms with E-state index in [1.165, 1.54) is 0 Å². The molecule has 0 aromatic heterocycles. The molecule has 2 aromatic carbocycles. The molecule has 26 heavy (non-hydrogen) atoms. The van der Waals surface area contributed by atoms with E-state index >= 15 is 0 Å². The fourth-order valence-electron chi connectivity index (χ4n) is 2.03. The number of hydrogen-bond donors (Lipinski definition) is 3. The summed E-state index contributed by atoms with van der Waals surface area (Å²) in [7, 11) is 0. The van der Waals surface area contributed by atoms with Gasteiger partial charge in [0, 0.05) is 6.54 Å². The molecule has 0 fully saturated rings. The van der Waals surface area contributed by atoms with Crippen molar-refractivity contribution in [3.05, 3.63) is 71.8 Å². The molecule has 0 aliphatic heterocycles. The van der Waals surface area contributed by atoms with E-state index in [4.69, 9.17) is 9.47 Å². The average molecular weight is 359 g/mol. The van der Waals surface area contributed by atoms with E-state index in [2.05, 4.69) is 5.32 Å². The monoisotopic (exact) mass is 359 g/mol. The fraction of sp³-hybridized carbons (Fsp3) is 0.263. The van der Waals surface area contributed by atoms with E-state index in [1.54, 1.807) is 30.3 Å². The van der Waals surface area contributed by atoms with Crippen molar-refractivity contribution >= 4 is 12.1 Å². The second kappa shape index (κ2) is 10.2. The number of nitrogens with one attached hydrogen (secondary N) is 1. The molecule has 7 nitrogen and oxygen atoms in total. The summed E-state index contributed by atoms with van der Waals surface area (Å²) in [6.45, 7) is -0.534. The summed E-state index contributed by atoms with van der Waals surface area (Å²) in [5.74, 6) is -0.605. The average Bonchev–Trinajstić information content (AvgIpc) is 2.69. The van der Waals surface area contributed by atoms with E-state index in [9.17, 15) is 19.8 Å². The predicted molar refractivity (Wildman–Crippen MR) is 93.4 cm³/mol. The Morgan fingerprint density at radius 1 is 0.885 bits per heavy atom. The van der Waals surface area contributed by atoms with Gasteiger partial charge in [0.15, 0.2) is 0 Å². The minimum absolute atomic E-state index is 0.0972. The molecule has 0 aliphatic rings. The van der Waals surface area contributed by atoms with Crippen LogP contribution in [0.2, 0.25) is 0 Å². The lowest BCUT2D eigenvalue weighted by molar-refractivity contribution is -0.0263. The number of hydrogen-bond acceptors (Lipinski definition) is 6. The topological polar surface area (TPSA) is 105 Å². The molecule has 0 saturated heterocycles. The maximum absolute atomic E-state index is 11.8. The molecule has 0 radical (unpaired) electrons. The number of rotatable bonds is 8. The summed E-state index contributed by atoms with van der Waals surface area (Å²) in [4.78, 5) is 23.3. The van der Waals surface area contributed by atoms with E-state index in [1.807, 2.05) is 30.3 Å². The van der Waals surface area contributed by atoms with Gasteiger partial charge in [-0.2, -0.15) is 0 Å². The van der Waals surface area contributed by atoms with Gasteiger partial charge in [-0.05, 0) is 17.7 Å². The lowest BCUT2D eigenvalue weighted by Crippen LogP contribution is -2.41. The molecule has 3 N–H and O–H groups in total. The Labute approximate surface area is 151 Å². The molecule has 0 aliphatic carbocycles. The number of benzene rings is 2. The number of amides is 1. The van der Waals surface area contributed by atoms with Crippen LogP contribution in [0.3, 0.4) is 0 Å². The first kappa shape index (κ1) is 19.4. The van der Waals surface area contributed by atoms with Crippen LogP contribution in [0.5, 0.6) is 0 Å². The molecular weight excluding hydrogens is 338 g/mol.